The predicted octanol–water partition coefficient (Wildman–Crippen LogP) is 0.919. The Hall–Kier alpha value is 0.576. The maximum atomic E-state index is 9.43. The standard InChI is InChI=1S/C4H9.C3H4O4.K/c1-4(2)3;4-2(5)1-3(6)7;/h1-3H3;1H2,(H,4,5)(H,6,7);. The summed E-state index contributed by atoms with van der Waals surface area (Å²) in [4.78, 5) is 18.9. The van der Waals surface area contributed by atoms with Crippen LogP contribution in [0.15, 0.2) is 0 Å². The van der Waals surface area contributed by atoms with Crippen molar-refractivity contribution in [2.45, 2.75) is 26.7 Å². The van der Waals surface area contributed by atoms with Gasteiger partial charge in [-0.3, -0.25) is 9.59 Å². The van der Waals surface area contributed by atoms with Crippen molar-refractivity contribution in [3.8, 4) is 0 Å². The molecular formula is C7H13KO4. The maximum Gasteiger partial charge on any atom is 0.314 e. The van der Waals surface area contributed by atoms with Crippen LogP contribution >= 0.6 is 0 Å². The molecule has 0 aromatic heterocycles. The van der Waals surface area contributed by atoms with E-state index >= 15 is 0 Å². The SMILES string of the molecule is C[C](C)(C)[K].O=C(O)CC(=O)O. The number of carboxylic acid groups (broad SMARTS) is 2. The van der Waals surface area contributed by atoms with Crippen LogP contribution in [0, 0.1) is 0 Å². The Bertz CT molecular complexity index is 141. The van der Waals surface area contributed by atoms with Gasteiger partial charge >= 0.3 is 81.2 Å². The van der Waals surface area contributed by atoms with E-state index in [0.717, 1.165) is 49.0 Å². The zero-order valence-electron chi connectivity index (χ0n) is 7.92. The zero-order chi connectivity index (χ0) is 10.4. The first-order valence-corrected chi connectivity index (χ1v) is 5.12. The summed E-state index contributed by atoms with van der Waals surface area (Å²) in [6.45, 7) is 6.81. The van der Waals surface area contributed by atoms with Gasteiger partial charge in [0.1, 0.15) is 6.42 Å². The van der Waals surface area contributed by atoms with Gasteiger partial charge in [-0.05, 0) is 0 Å². The van der Waals surface area contributed by atoms with Gasteiger partial charge < -0.3 is 10.2 Å². The molecule has 0 bridgehead atoms. The van der Waals surface area contributed by atoms with Crippen LogP contribution < -0.4 is 0 Å². The second-order valence-electron chi connectivity index (χ2n) is 3.96. The Balaban J connectivity index is 0. The van der Waals surface area contributed by atoms with Crippen molar-refractivity contribution in [1.29, 1.82) is 0 Å². The van der Waals surface area contributed by atoms with E-state index in [4.69, 9.17) is 10.2 Å². The van der Waals surface area contributed by atoms with Gasteiger partial charge in [0.15, 0.2) is 0 Å². The summed E-state index contributed by atoms with van der Waals surface area (Å²) in [5, 5.41) is 15.4. The van der Waals surface area contributed by atoms with Gasteiger partial charge in [-0.1, -0.05) is 0 Å². The Morgan fingerprint density at radius 1 is 1.17 bits per heavy atom. The molecule has 0 aliphatic heterocycles. The van der Waals surface area contributed by atoms with Crippen LogP contribution in [-0.2, 0) is 9.59 Å². The summed E-state index contributed by atoms with van der Waals surface area (Å²) in [5.41, 5.74) is 0. The van der Waals surface area contributed by atoms with E-state index in [1.807, 2.05) is 0 Å². The monoisotopic (exact) mass is 200 g/mol. The van der Waals surface area contributed by atoms with E-state index in [2.05, 4.69) is 20.8 Å². The van der Waals surface area contributed by atoms with Crippen molar-refractivity contribution in [3.05, 3.63) is 0 Å². The normalized spacial score (nSPS) is 9.75. The van der Waals surface area contributed by atoms with Crippen molar-refractivity contribution in [1.82, 2.24) is 0 Å². The van der Waals surface area contributed by atoms with Gasteiger partial charge in [-0.25, -0.2) is 0 Å². The Labute approximate surface area is 106 Å². The fraction of sp³-hybridized carbons (Fsp3) is 0.714. The van der Waals surface area contributed by atoms with Gasteiger partial charge in [-0.15, -0.1) is 0 Å². The molecule has 0 radical (unpaired) electrons. The molecular weight excluding hydrogens is 187 g/mol. The molecule has 0 atom stereocenters. The second kappa shape index (κ2) is 7.03. The van der Waals surface area contributed by atoms with Crippen LogP contribution in [0.2, 0.25) is -0.490 Å². The van der Waals surface area contributed by atoms with Crippen LogP contribution in [-0.4, -0.2) is 71.1 Å². The molecule has 0 amide bonds. The molecule has 0 spiro atoms. The third kappa shape index (κ3) is 46.3. The number of hydrogen-bond acceptors (Lipinski definition) is 2. The first kappa shape index (κ1) is 15.1. The molecule has 0 aromatic rings. The summed E-state index contributed by atoms with van der Waals surface area (Å²) >= 11 is 1.00. The Morgan fingerprint density at radius 2 is 1.33 bits per heavy atom. The van der Waals surface area contributed by atoms with Crippen molar-refractivity contribution in [2.24, 2.45) is 0 Å². The quantitative estimate of drug-likeness (QED) is 0.513. The average Bonchev–Trinajstić information content (AvgIpc) is 1.52. The van der Waals surface area contributed by atoms with Gasteiger partial charge in [0.05, 0.1) is 0 Å². The number of carboxylic acids is 2. The smallest absolute Gasteiger partial charge is 0.314 e. The van der Waals surface area contributed by atoms with E-state index in [0.29, 0.717) is -0.490 Å². The Kier molecular flexibility index (Phi) is 8.82. The van der Waals surface area contributed by atoms with Crippen LogP contribution in [0.25, 0.3) is 0 Å². The number of rotatable bonds is 2. The molecule has 0 saturated carbocycles. The summed E-state index contributed by atoms with van der Waals surface area (Å²) < 4.78 is 0.688. The minimum atomic E-state index is -1.31. The summed E-state index contributed by atoms with van der Waals surface area (Å²) in [6.07, 6.45) is -0.806. The largest absolute Gasteiger partial charge is 0.481 e. The molecule has 0 aliphatic carbocycles. The first-order chi connectivity index (χ1) is 5.13. The minimum Gasteiger partial charge on any atom is -0.481 e. The van der Waals surface area contributed by atoms with Gasteiger partial charge in [-0.2, -0.15) is 0 Å². The van der Waals surface area contributed by atoms with Crippen molar-refractivity contribution in [3.63, 3.8) is 0 Å². The van der Waals surface area contributed by atoms with E-state index in [1.165, 1.54) is 0 Å². The van der Waals surface area contributed by atoms with Crippen molar-refractivity contribution >= 4 is 60.9 Å². The maximum absolute atomic E-state index is 9.43. The molecule has 0 heterocycles. The fourth-order valence-corrected chi connectivity index (χ4v) is 0.129. The van der Waals surface area contributed by atoms with E-state index < -0.39 is 18.4 Å². The van der Waals surface area contributed by atoms with Gasteiger partial charge in [0, 0.05) is 0 Å². The average molecular weight is 200 g/mol. The molecule has 5 heteroatoms. The van der Waals surface area contributed by atoms with Crippen LogP contribution in [0.4, 0.5) is 0 Å². The predicted molar refractivity (Wildman–Crippen MR) is 45.4 cm³/mol. The van der Waals surface area contributed by atoms with Gasteiger partial charge in [0.25, 0.3) is 0 Å². The molecule has 4 nitrogen and oxygen atoms in total. The van der Waals surface area contributed by atoms with Crippen LogP contribution in [0.3, 0.4) is 0 Å². The van der Waals surface area contributed by atoms with E-state index in [-0.39, 0.29) is 0 Å². The molecule has 0 rings (SSSR count). The number of aliphatic carboxylic acids is 2. The number of carbonyl (C=O) groups is 2. The molecule has 2 N–H and O–H groups in total. The molecule has 66 valence electrons. The molecule has 0 fully saturated rings. The third-order valence-electron chi connectivity index (χ3n) is 0.302. The molecule has 0 saturated heterocycles. The van der Waals surface area contributed by atoms with Crippen LogP contribution in [0.5, 0.6) is 0 Å². The van der Waals surface area contributed by atoms with E-state index in [1.54, 1.807) is 0 Å². The first-order valence-electron chi connectivity index (χ1n) is 3.56. The van der Waals surface area contributed by atoms with E-state index in [9.17, 15) is 9.59 Å². The zero-order valence-corrected chi connectivity index (χ0v) is 11.0. The molecule has 0 aromatic carbocycles. The fourth-order valence-electron chi connectivity index (χ4n) is 0.129. The second-order valence-corrected chi connectivity index (χ2v) is 8.65. The summed E-state index contributed by atoms with van der Waals surface area (Å²) in [6, 6.07) is 0. The third-order valence-corrected chi connectivity index (χ3v) is 0.302. The molecule has 0 unspecified atom stereocenters. The molecule has 0 aliphatic rings. The van der Waals surface area contributed by atoms with Crippen molar-refractivity contribution in [2.75, 3.05) is 0 Å². The van der Waals surface area contributed by atoms with Gasteiger partial charge in [0.2, 0.25) is 0 Å². The Morgan fingerprint density at radius 3 is 1.33 bits per heavy atom. The number of hydrogen-bond donors (Lipinski definition) is 2. The van der Waals surface area contributed by atoms with Crippen molar-refractivity contribution < 1.29 is 19.8 Å². The summed E-state index contributed by atoms with van der Waals surface area (Å²) in [5.74, 6) is -2.62. The minimum absolute atomic E-state index is 0.688. The topological polar surface area (TPSA) is 74.6 Å². The van der Waals surface area contributed by atoms with Crippen LogP contribution in [0.1, 0.15) is 27.2 Å². The molecule has 12 heavy (non-hydrogen) atoms. The summed E-state index contributed by atoms with van der Waals surface area (Å²) in [7, 11) is 0.